The molecule has 23 heavy (non-hydrogen) atoms. The number of nitrogens with two attached hydrogens (primary N) is 1. The van der Waals surface area contributed by atoms with Crippen LogP contribution in [0.15, 0.2) is 47.4 Å². The number of hydrogen-bond donors (Lipinski definition) is 2. The fraction of sp³-hybridized carbons (Fsp3) is 0. The first-order valence-corrected chi connectivity index (χ1v) is 7.99. The normalized spacial score (nSPS) is 11.0. The van der Waals surface area contributed by atoms with E-state index >= 15 is 0 Å². The van der Waals surface area contributed by atoms with E-state index in [2.05, 4.69) is 5.32 Å². The molecule has 0 aromatic heterocycles. The molecule has 2 aromatic rings. The minimum Gasteiger partial charge on any atom is -0.316 e. The molecule has 1 amide bonds. The zero-order valence-electron chi connectivity index (χ0n) is 11.4. The number of primary sulfonamides is 1. The zero-order valence-corrected chi connectivity index (χ0v) is 13.0. The van der Waals surface area contributed by atoms with Gasteiger partial charge in [0.25, 0.3) is 11.6 Å². The number of anilines is 1. The van der Waals surface area contributed by atoms with E-state index in [1.807, 2.05) is 0 Å². The number of halogens is 1. The van der Waals surface area contributed by atoms with Crippen molar-refractivity contribution in [3.05, 3.63) is 63.2 Å². The number of nitro groups is 1. The van der Waals surface area contributed by atoms with Crippen LogP contribution in [-0.4, -0.2) is 19.2 Å². The van der Waals surface area contributed by atoms with Crippen molar-refractivity contribution in [2.45, 2.75) is 4.90 Å². The van der Waals surface area contributed by atoms with Gasteiger partial charge in [-0.2, -0.15) is 0 Å². The van der Waals surface area contributed by atoms with Gasteiger partial charge in [0.2, 0.25) is 10.0 Å². The standard InChI is InChI=1S/C13H10ClN3O5S/c14-9-6-5-8(7-12(9)23(15,21)22)13(18)16-10-3-1-2-4-11(10)17(19)20/h1-7H,(H,16,18)(H2,15,21,22). The molecule has 0 saturated carbocycles. The molecule has 0 bridgehead atoms. The number of carbonyl (C=O) groups is 1. The van der Waals surface area contributed by atoms with Crippen LogP contribution in [0.1, 0.15) is 10.4 Å². The van der Waals surface area contributed by atoms with Crippen LogP contribution >= 0.6 is 11.6 Å². The van der Waals surface area contributed by atoms with E-state index < -0.39 is 25.7 Å². The molecule has 0 radical (unpaired) electrons. The minimum absolute atomic E-state index is 0.0189. The highest BCUT2D eigenvalue weighted by Gasteiger charge is 2.19. The van der Waals surface area contributed by atoms with Gasteiger partial charge in [-0.05, 0) is 24.3 Å². The highest BCUT2D eigenvalue weighted by atomic mass is 35.5. The molecule has 2 rings (SSSR count). The Kier molecular flexibility index (Phi) is 4.64. The highest BCUT2D eigenvalue weighted by molar-refractivity contribution is 7.89. The summed E-state index contributed by atoms with van der Waals surface area (Å²) in [6.45, 7) is 0. The number of carbonyl (C=O) groups excluding carboxylic acids is 1. The van der Waals surface area contributed by atoms with E-state index in [4.69, 9.17) is 16.7 Å². The quantitative estimate of drug-likeness (QED) is 0.640. The SMILES string of the molecule is NS(=O)(=O)c1cc(C(=O)Nc2ccccc2[N+](=O)[O-])ccc1Cl. The third kappa shape index (κ3) is 3.83. The molecular formula is C13H10ClN3O5S. The van der Waals surface area contributed by atoms with Crippen molar-refractivity contribution in [2.75, 3.05) is 5.32 Å². The molecule has 0 saturated heterocycles. The lowest BCUT2D eigenvalue weighted by molar-refractivity contribution is -0.383. The predicted molar refractivity (Wildman–Crippen MR) is 83.9 cm³/mol. The molecule has 0 spiro atoms. The second kappa shape index (κ2) is 6.32. The molecule has 0 aliphatic heterocycles. The largest absolute Gasteiger partial charge is 0.316 e. The summed E-state index contributed by atoms with van der Waals surface area (Å²) in [6.07, 6.45) is 0. The summed E-state index contributed by atoms with van der Waals surface area (Å²) < 4.78 is 22.8. The zero-order chi connectivity index (χ0) is 17.2. The van der Waals surface area contributed by atoms with E-state index in [1.165, 1.54) is 36.4 Å². The highest BCUT2D eigenvalue weighted by Crippen LogP contribution is 2.25. The first-order valence-electron chi connectivity index (χ1n) is 6.07. The third-order valence-corrected chi connectivity index (χ3v) is 4.24. The molecule has 0 aliphatic carbocycles. The van der Waals surface area contributed by atoms with Crippen molar-refractivity contribution < 1.29 is 18.1 Å². The average Bonchev–Trinajstić information content (AvgIpc) is 2.46. The summed E-state index contributed by atoms with van der Waals surface area (Å²) in [6, 6.07) is 9.04. The van der Waals surface area contributed by atoms with Gasteiger partial charge >= 0.3 is 0 Å². The van der Waals surface area contributed by atoms with E-state index in [0.717, 1.165) is 6.07 Å². The van der Waals surface area contributed by atoms with Gasteiger partial charge < -0.3 is 5.32 Å². The number of nitrogens with zero attached hydrogens (tertiary/aromatic N) is 1. The van der Waals surface area contributed by atoms with Crippen molar-refractivity contribution in [3.8, 4) is 0 Å². The summed E-state index contributed by atoms with van der Waals surface area (Å²) >= 11 is 5.73. The number of nitrogens with one attached hydrogen (secondary N) is 1. The van der Waals surface area contributed by atoms with E-state index in [0.29, 0.717) is 0 Å². The van der Waals surface area contributed by atoms with Gasteiger partial charge in [-0.3, -0.25) is 14.9 Å². The second-order valence-corrected chi connectivity index (χ2v) is 6.36. The number of amides is 1. The maximum absolute atomic E-state index is 12.2. The molecule has 120 valence electrons. The first-order chi connectivity index (χ1) is 10.7. The van der Waals surface area contributed by atoms with Gasteiger partial charge in [0.1, 0.15) is 10.6 Å². The van der Waals surface area contributed by atoms with Crippen LogP contribution in [0.4, 0.5) is 11.4 Å². The van der Waals surface area contributed by atoms with Gasteiger partial charge in [0.15, 0.2) is 0 Å². The molecule has 0 fully saturated rings. The number of nitro benzene ring substituents is 1. The third-order valence-electron chi connectivity index (χ3n) is 2.85. The Hall–Kier alpha value is -2.49. The lowest BCUT2D eigenvalue weighted by Gasteiger charge is -2.08. The molecule has 2 aromatic carbocycles. The summed E-state index contributed by atoms with van der Waals surface area (Å²) in [5, 5.41) is 18.1. The van der Waals surface area contributed by atoms with Gasteiger partial charge in [0, 0.05) is 11.6 Å². The second-order valence-electron chi connectivity index (χ2n) is 4.42. The Balaban J connectivity index is 2.38. The van der Waals surface area contributed by atoms with E-state index in [-0.39, 0.29) is 22.0 Å². The van der Waals surface area contributed by atoms with Crippen LogP contribution < -0.4 is 10.5 Å². The van der Waals surface area contributed by atoms with Crippen LogP contribution in [0.25, 0.3) is 0 Å². The molecule has 0 atom stereocenters. The van der Waals surface area contributed by atoms with E-state index in [9.17, 15) is 23.3 Å². The maximum atomic E-state index is 12.2. The molecule has 0 unspecified atom stereocenters. The Labute approximate surface area is 136 Å². The molecule has 3 N–H and O–H groups in total. The maximum Gasteiger partial charge on any atom is 0.292 e. The summed E-state index contributed by atoms with van der Waals surface area (Å²) in [5.41, 5.74) is -0.368. The molecule has 0 aliphatic rings. The van der Waals surface area contributed by atoms with Crippen LogP contribution in [0.5, 0.6) is 0 Å². The summed E-state index contributed by atoms with van der Waals surface area (Å²) in [4.78, 5) is 22.0. The Morgan fingerprint density at radius 3 is 2.48 bits per heavy atom. The van der Waals surface area contributed by atoms with Crippen molar-refractivity contribution in [1.82, 2.24) is 0 Å². The van der Waals surface area contributed by atoms with Crippen LogP contribution in [-0.2, 0) is 10.0 Å². The smallest absolute Gasteiger partial charge is 0.292 e. The van der Waals surface area contributed by atoms with Crippen molar-refractivity contribution in [3.63, 3.8) is 0 Å². The van der Waals surface area contributed by atoms with Gasteiger partial charge in [-0.15, -0.1) is 0 Å². The predicted octanol–water partition coefficient (Wildman–Crippen LogP) is 2.15. The van der Waals surface area contributed by atoms with Crippen LogP contribution in [0, 0.1) is 10.1 Å². The lowest BCUT2D eigenvalue weighted by Crippen LogP contribution is -2.16. The van der Waals surface area contributed by atoms with Crippen molar-refractivity contribution >= 4 is 38.9 Å². The van der Waals surface area contributed by atoms with Crippen molar-refractivity contribution in [2.24, 2.45) is 5.14 Å². The molecule has 10 heteroatoms. The lowest BCUT2D eigenvalue weighted by atomic mass is 10.2. The van der Waals surface area contributed by atoms with E-state index in [1.54, 1.807) is 0 Å². The van der Waals surface area contributed by atoms with Crippen molar-refractivity contribution in [1.29, 1.82) is 0 Å². The Morgan fingerprint density at radius 1 is 1.22 bits per heavy atom. The molecular weight excluding hydrogens is 346 g/mol. The number of para-hydroxylation sites is 2. The van der Waals surface area contributed by atoms with Gasteiger partial charge in [-0.25, -0.2) is 13.6 Å². The summed E-state index contributed by atoms with van der Waals surface area (Å²) in [7, 11) is -4.10. The molecule has 0 heterocycles. The number of sulfonamides is 1. The monoisotopic (exact) mass is 355 g/mol. The fourth-order valence-electron chi connectivity index (χ4n) is 1.80. The number of rotatable bonds is 4. The molecule has 8 nitrogen and oxygen atoms in total. The number of benzene rings is 2. The minimum atomic E-state index is -4.10. The first kappa shape index (κ1) is 16.9. The van der Waals surface area contributed by atoms with Crippen LogP contribution in [0.2, 0.25) is 5.02 Å². The van der Waals surface area contributed by atoms with Gasteiger partial charge in [-0.1, -0.05) is 23.7 Å². The Morgan fingerprint density at radius 2 is 1.87 bits per heavy atom. The Bertz CT molecular complexity index is 898. The van der Waals surface area contributed by atoms with Gasteiger partial charge in [0.05, 0.1) is 9.95 Å². The summed E-state index contributed by atoms with van der Waals surface area (Å²) in [5.74, 6) is -0.735. The average molecular weight is 356 g/mol. The van der Waals surface area contributed by atoms with Crippen LogP contribution in [0.3, 0.4) is 0 Å². The topological polar surface area (TPSA) is 132 Å². The fourth-order valence-corrected chi connectivity index (χ4v) is 2.87. The number of hydrogen-bond acceptors (Lipinski definition) is 5.